The molecular formula is C12H19N3OS. The fraction of sp³-hybridized carbons (Fsp3) is 0.833. The van der Waals surface area contributed by atoms with Gasteiger partial charge in [0.05, 0.1) is 6.04 Å². The van der Waals surface area contributed by atoms with Crippen molar-refractivity contribution >= 4 is 11.8 Å². The summed E-state index contributed by atoms with van der Waals surface area (Å²) >= 11 is 2.06. The maximum atomic E-state index is 5.37. The van der Waals surface area contributed by atoms with Gasteiger partial charge in [-0.05, 0) is 49.7 Å². The van der Waals surface area contributed by atoms with E-state index >= 15 is 0 Å². The Morgan fingerprint density at radius 1 is 1.29 bits per heavy atom. The van der Waals surface area contributed by atoms with Crippen LogP contribution in [0.15, 0.2) is 4.52 Å². The quantitative estimate of drug-likeness (QED) is 0.894. The molecule has 1 aromatic rings. The van der Waals surface area contributed by atoms with E-state index in [4.69, 9.17) is 4.52 Å². The first-order valence-electron chi connectivity index (χ1n) is 6.55. The molecule has 1 atom stereocenters. The van der Waals surface area contributed by atoms with Crippen molar-refractivity contribution in [2.24, 2.45) is 5.92 Å². The molecule has 2 fully saturated rings. The highest BCUT2D eigenvalue weighted by atomic mass is 32.2. The first-order chi connectivity index (χ1) is 8.42. The molecule has 0 amide bonds. The molecule has 0 aromatic carbocycles. The number of hydrogen-bond donors (Lipinski definition) is 1. The van der Waals surface area contributed by atoms with Gasteiger partial charge in [0.2, 0.25) is 5.89 Å². The van der Waals surface area contributed by atoms with Crippen LogP contribution in [-0.2, 0) is 6.42 Å². The van der Waals surface area contributed by atoms with Crippen LogP contribution in [0.4, 0.5) is 0 Å². The van der Waals surface area contributed by atoms with Crippen LogP contribution in [0.3, 0.4) is 0 Å². The Bertz CT molecular complexity index is 356. The summed E-state index contributed by atoms with van der Waals surface area (Å²) in [6.45, 7) is 1.08. The van der Waals surface area contributed by atoms with E-state index in [0.717, 1.165) is 37.0 Å². The minimum Gasteiger partial charge on any atom is -0.339 e. The molecule has 2 aliphatic rings. The van der Waals surface area contributed by atoms with Gasteiger partial charge in [-0.3, -0.25) is 0 Å². The standard InChI is InChI=1S/C12H19N3OS/c1-2-10(13-5-1)12-14-11(16-15-12)8-9-3-6-17-7-4-9/h9-10,13H,1-8H2. The van der Waals surface area contributed by atoms with Gasteiger partial charge in [0.15, 0.2) is 5.82 Å². The van der Waals surface area contributed by atoms with Crippen LogP contribution in [0, 0.1) is 5.92 Å². The van der Waals surface area contributed by atoms with Gasteiger partial charge in [0, 0.05) is 6.42 Å². The molecule has 0 spiro atoms. The number of thioether (sulfide) groups is 1. The van der Waals surface area contributed by atoms with Crippen LogP contribution in [0.25, 0.3) is 0 Å². The van der Waals surface area contributed by atoms with Crippen molar-refractivity contribution in [1.82, 2.24) is 15.5 Å². The molecule has 0 saturated carbocycles. The highest BCUT2D eigenvalue weighted by Gasteiger charge is 2.23. The zero-order valence-corrected chi connectivity index (χ0v) is 10.8. The smallest absolute Gasteiger partial charge is 0.226 e. The zero-order valence-electron chi connectivity index (χ0n) is 10.0. The monoisotopic (exact) mass is 253 g/mol. The topological polar surface area (TPSA) is 51.0 Å². The molecule has 1 aromatic heterocycles. The molecule has 2 saturated heterocycles. The maximum absolute atomic E-state index is 5.37. The summed E-state index contributed by atoms with van der Waals surface area (Å²) in [6, 6.07) is 0.328. The molecule has 94 valence electrons. The third-order valence-electron chi connectivity index (χ3n) is 3.66. The zero-order chi connectivity index (χ0) is 11.5. The molecule has 0 aliphatic carbocycles. The first kappa shape index (κ1) is 11.5. The van der Waals surface area contributed by atoms with Gasteiger partial charge in [0.1, 0.15) is 0 Å². The van der Waals surface area contributed by atoms with Crippen molar-refractivity contribution in [3.63, 3.8) is 0 Å². The number of hydrogen-bond acceptors (Lipinski definition) is 5. The molecule has 1 unspecified atom stereocenters. The Balaban J connectivity index is 1.59. The van der Waals surface area contributed by atoms with Gasteiger partial charge in [0.25, 0.3) is 0 Å². The summed E-state index contributed by atoms with van der Waals surface area (Å²) < 4.78 is 5.37. The Morgan fingerprint density at radius 3 is 2.94 bits per heavy atom. The molecule has 0 radical (unpaired) electrons. The molecular weight excluding hydrogens is 234 g/mol. The lowest BCUT2D eigenvalue weighted by molar-refractivity contribution is 0.339. The van der Waals surface area contributed by atoms with E-state index < -0.39 is 0 Å². The predicted octanol–water partition coefficient (Wildman–Crippen LogP) is 2.18. The summed E-state index contributed by atoms with van der Waals surface area (Å²) in [4.78, 5) is 4.54. The van der Waals surface area contributed by atoms with Crippen LogP contribution < -0.4 is 5.32 Å². The second-order valence-electron chi connectivity index (χ2n) is 4.96. The van der Waals surface area contributed by atoms with E-state index in [2.05, 4.69) is 27.2 Å². The van der Waals surface area contributed by atoms with E-state index in [-0.39, 0.29) is 0 Å². The van der Waals surface area contributed by atoms with Crippen LogP contribution in [0.5, 0.6) is 0 Å². The van der Waals surface area contributed by atoms with E-state index in [1.54, 1.807) is 0 Å². The summed E-state index contributed by atoms with van der Waals surface area (Å²) in [5.74, 6) is 5.03. The van der Waals surface area contributed by atoms with Gasteiger partial charge < -0.3 is 9.84 Å². The second-order valence-corrected chi connectivity index (χ2v) is 6.18. The van der Waals surface area contributed by atoms with Crippen LogP contribution in [0.1, 0.15) is 43.4 Å². The Kier molecular flexibility index (Phi) is 3.66. The van der Waals surface area contributed by atoms with Crippen LogP contribution in [0.2, 0.25) is 0 Å². The highest BCUT2D eigenvalue weighted by molar-refractivity contribution is 7.99. The molecule has 2 aliphatic heterocycles. The van der Waals surface area contributed by atoms with E-state index in [9.17, 15) is 0 Å². The van der Waals surface area contributed by atoms with Gasteiger partial charge in [-0.25, -0.2) is 0 Å². The SMILES string of the molecule is C1CNC(c2noc(CC3CCSCC3)n2)C1. The molecule has 3 rings (SSSR count). The number of rotatable bonds is 3. The van der Waals surface area contributed by atoms with E-state index in [1.165, 1.54) is 30.8 Å². The van der Waals surface area contributed by atoms with E-state index in [1.807, 2.05) is 0 Å². The van der Waals surface area contributed by atoms with Crippen molar-refractivity contribution in [1.29, 1.82) is 0 Å². The van der Waals surface area contributed by atoms with Gasteiger partial charge in [-0.1, -0.05) is 5.16 Å². The van der Waals surface area contributed by atoms with Crippen molar-refractivity contribution in [2.75, 3.05) is 18.1 Å². The Hall–Kier alpha value is -0.550. The Labute approximate surface area is 106 Å². The fourth-order valence-corrected chi connectivity index (χ4v) is 3.80. The molecule has 17 heavy (non-hydrogen) atoms. The van der Waals surface area contributed by atoms with Gasteiger partial charge in [-0.2, -0.15) is 16.7 Å². The second kappa shape index (κ2) is 5.40. The predicted molar refractivity (Wildman–Crippen MR) is 68.0 cm³/mol. The van der Waals surface area contributed by atoms with Crippen molar-refractivity contribution < 1.29 is 4.52 Å². The Morgan fingerprint density at radius 2 is 2.18 bits per heavy atom. The van der Waals surface area contributed by atoms with Gasteiger partial charge >= 0.3 is 0 Å². The average Bonchev–Trinajstić information content (AvgIpc) is 3.00. The minimum absolute atomic E-state index is 0.328. The summed E-state index contributed by atoms with van der Waals surface area (Å²) in [7, 11) is 0. The summed E-state index contributed by atoms with van der Waals surface area (Å²) in [5, 5.41) is 7.51. The van der Waals surface area contributed by atoms with Crippen molar-refractivity contribution in [3.8, 4) is 0 Å². The van der Waals surface area contributed by atoms with Crippen molar-refractivity contribution in [3.05, 3.63) is 11.7 Å². The first-order valence-corrected chi connectivity index (χ1v) is 7.71. The largest absolute Gasteiger partial charge is 0.339 e. The average molecular weight is 253 g/mol. The maximum Gasteiger partial charge on any atom is 0.226 e. The fourth-order valence-electron chi connectivity index (χ4n) is 2.59. The molecule has 1 N–H and O–H groups in total. The molecule has 0 bridgehead atoms. The third kappa shape index (κ3) is 2.83. The molecule has 3 heterocycles. The summed E-state index contributed by atoms with van der Waals surface area (Å²) in [5.41, 5.74) is 0. The lowest BCUT2D eigenvalue weighted by Crippen LogP contribution is -2.15. The lowest BCUT2D eigenvalue weighted by atomic mass is 9.99. The highest BCUT2D eigenvalue weighted by Crippen LogP contribution is 2.26. The van der Waals surface area contributed by atoms with Crippen LogP contribution in [-0.4, -0.2) is 28.2 Å². The molecule has 5 heteroatoms. The molecule has 4 nitrogen and oxygen atoms in total. The minimum atomic E-state index is 0.328. The number of nitrogens with one attached hydrogen (secondary N) is 1. The number of nitrogens with zero attached hydrogens (tertiary/aromatic N) is 2. The van der Waals surface area contributed by atoms with Gasteiger partial charge in [-0.15, -0.1) is 0 Å². The van der Waals surface area contributed by atoms with Crippen LogP contribution >= 0.6 is 11.8 Å². The summed E-state index contributed by atoms with van der Waals surface area (Å²) in [6.07, 6.45) is 5.92. The lowest BCUT2D eigenvalue weighted by Gasteiger charge is -2.19. The normalized spacial score (nSPS) is 26.5. The van der Waals surface area contributed by atoms with Crippen molar-refractivity contribution in [2.45, 2.75) is 38.1 Å². The van der Waals surface area contributed by atoms with E-state index in [0.29, 0.717) is 6.04 Å². The number of aromatic nitrogens is 2. The third-order valence-corrected chi connectivity index (χ3v) is 4.71.